The van der Waals surface area contributed by atoms with Crippen molar-refractivity contribution in [3.05, 3.63) is 27.7 Å². The number of phenolic OH excluding ortho intramolecular Hbond substituents is 1. The second-order valence-corrected chi connectivity index (χ2v) is 3.72. The predicted molar refractivity (Wildman–Crippen MR) is 54.6 cm³/mol. The first-order valence-electron chi connectivity index (χ1n) is 3.93. The van der Waals surface area contributed by atoms with E-state index in [1.807, 2.05) is 6.92 Å². The Bertz CT molecular complexity index is 291. The molecule has 0 radical (unpaired) electrons. The van der Waals surface area contributed by atoms with E-state index in [1.165, 1.54) is 6.07 Å². The van der Waals surface area contributed by atoms with Crippen LogP contribution in [-0.4, -0.2) is 16.8 Å². The van der Waals surface area contributed by atoms with Gasteiger partial charge in [0, 0.05) is 6.54 Å². The van der Waals surface area contributed by atoms with Gasteiger partial charge in [-0.1, -0.05) is 6.07 Å². The van der Waals surface area contributed by atoms with Crippen LogP contribution in [0.25, 0.3) is 0 Å². The fourth-order valence-electron chi connectivity index (χ4n) is 1.11. The predicted octanol–water partition coefficient (Wildman–Crippen LogP) is 1.46. The maximum atomic E-state index is 9.43. The normalized spacial score (nSPS) is 12.9. The average molecular weight is 246 g/mol. The number of hydrogen-bond acceptors (Lipinski definition) is 3. The van der Waals surface area contributed by atoms with Crippen molar-refractivity contribution in [1.29, 1.82) is 0 Å². The number of hydrogen-bond donors (Lipinski definition) is 3. The van der Waals surface area contributed by atoms with E-state index in [1.54, 1.807) is 6.07 Å². The molecule has 4 heteroatoms. The summed E-state index contributed by atoms with van der Waals surface area (Å²) in [4.78, 5) is 0. The van der Waals surface area contributed by atoms with Gasteiger partial charge in [0.15, 0.2) is 0 Å². The Morgan fingerprint density at radius 2 is 2.15 bits per heavy atom. The smallest absolute Gasteiger partial charge is 0.130 e. The molecule has 13 heavy (non-hydrogen) atoms. The summed E-state index contributed by atoms with van der Waals surface area (Å²) in [7, 11) is 0. The number of aryl methyl sites for hydroxylation is 1. The number of aromatic hydroxyl groups is 1. The van der Waals surface area contributed by atoms with Crippen molar-refractivity contribution in [3.63, 3.8) is 0 Å². The molecule has 1 atom stereocenters. The lowest BCUT2D eigenvalue weighted by molar-refractivity contribution is 0.186. The van der Waals surface area contributed by atoms with Gasteiger partial charge in [-0.2, -0.15) is 0 Å². The summed E-state index contributed by atoms with van der Waals surface area (Å²) < 4.78 is 0.653. The third kappa shape index (κ3) is 2.21. The number of rotatable bonds is 2. The highest BCUT2D eigenvalue weighted by Crippen LogP contribution is 2.30. The first-order valence-corrected chi connectivity index (χ1v) is 4.72. The van der Waals surface area contributed by atoms with Gasteiger partial charge in [-0.15, -0.1) is 0 Å². The second kappa shape index (κ2) is 4.09. The van der Waals surface area contributed by atoms with E-state index in [4.69, 9.17) is 5.73 Å². The van der Waals surface area contributed by atoms with Crippen LogP contribution in [-0.2, 0) is 0 Å². The zero-order chi connectivity index (χ0) is 10.0. The molecular weight excluding hydrogens is 234 g/mol. The summed E-state index contributed by atoms with van der Waals surface area (Å²) in [5, 5.41) is 18.8. The summed E-state index contributed by atoms with van der Waals surface area (Å²) in [6, 6.07) is 3.30. The molecule has 72 valence electrons. The Balaban J connectivity index is 3.13. The van der Waals surface area contributed by atoms with Crippen LogP contribution in [0.15, 0.2) is 16.6 Å². The monoisotopic (exact) mass is 245 g/mol. The van der Waals surface area contributed by atoms with Crippen molar-refractivity contribution in [3.8, 4) is 5.75 Å². The molecule has 1 rings (SSSR count). The lowest BCUT2D eigenvalue weighted by atomic mass is 10.1. The minimum Gasteiger partial charge on any atom is -0.507 e. The topological polar surface area (TPSA) is 66.5 Å². The van der Waals surface area contributed by atoms with Crippen LogP contribution in [0.4, 0.5) is 0 Å². The van der Waals surface area contributed by atoms with Crippen LogP contribution < -0.4 is 5.73 Å². The summed E-state index contributed by atoms with van der Waals surface area (Å²) in [6.45, 7) is 2.00. The van der Waals surface area contributed by atoms with E-state index in [2.05, 4.69) is 15.9 Å². The first-order chi connectivity index (χ1) is 6.06. The van der Waals surface area contributed by atoms with E-state index in [0.717, 1.165) is 5.56 Å². The standard InChI is InChI=1S/C9H12BrNO2/c1-5-2-6(8(13)4-11)3-7(12)9(5)10/h2-3,8,12-13H,4,11H2,1H3. The Labute approximate surface area is 85.3 Å². The highest BCUT2D eigenvalue weighted by molar-refractivity contribution is 9.10. The van der Waals surface area contributed by atoms with Gasteiger partial charge in [0.25, 0.3) is 0 Å². The molecule has 0 aliphatic rings. The molecule has 0 saturated heterocycles. The molecule has 0 saturated carbocycles. The van der Waals surface area contributed by atoms with E-state index < -0.39 is 6.10 Å². The Kier molecular flexibility index (Phi) is 3.30. The van der Waals surface area contributed by atoms with Crippen LogP contribution in [0.2, 0.25) is 0 Å². The van der Waals surface area contributed by atoms with Crippen LogP contribution >= 0.6 is 15.9 Å². The van der Waals surface area contributed by atoms with Gasteiger partial charge in [0.05, 0.1) is 10.6 Å². The molecule has 1 unspecified atom stereocenters. The largest absolute Gasteiger partial charge is 0.507 e. The van der Waals surface area contributed by atoms with Crippen LogP contribution in [0.5, 0.6) is 5.75 Å². The van der Waals surface area contributed by atoms with E-state index in [9.17, 15) is 10.2 Å². The molecule has 0 fully saturated rings. The molecule has 3 nitrogen and oxygen atoms in total. The third-order valence-corrected chi connectivity index (χ3v) is 2.90. The quantitative estimate of drug-likeness (QED) is 0.739. The zero-order valence-corrected chi connectivity index (χ0v) is 8.87. The summed E-state index contributed by atoms with van der Waals surface area (Å²) in [5.74, 6) is 0.127. The lowest BCUT2D eigenvalue weighted by Crippen LogP contribution is -2.11. The molecule has 0 aliphatic heterocycles. The number of aliphatic hydroxyl groups is 1. The molecule has 0 spiro atoms. The molecule has 0 amide bonds. The Hall–Kier alpha value is -0.580. The maximum absolute atomic E-state index is 9.43. The summed E-state index contributed by atoms with van der Waals surface area (Å²) >= 11 is 3.22. The van der Waals surface area contributed by atoms with Crippen molar-refractivity contribution in [2.45, 2.75) is 13.0 Å². The van der Waals surface area contributed by atoms with Crippen molar-refractivity contribution < 1.29 is 10.2 Å². The molecule has 0 heterocycles. The fraction of sp³-hybridized carbons (Fsp3) is 0.333. The Morgan fingerprint density at radius 3 is 2.62 bits per heavy atom. The molecule has 4 N–H and O–H groups in total. The Morgan fingerprint density at radius 1 is 1.54 bits per heavy atom. The summed E-state index contributed by atoms with van der Waals surface area (Å²) in [6.07, 6.45) is -0.710. The number of benzene rings is 1. The van der Waals surface area contributed by atoms with Gasteiger partial charge in [0.2, 0.25) is 0 Å². The number of halogens is 1. The SMILES string of the molecule is Cc1cc(C(O)CN)cc(O)c1Br. The van der Waals surface area contributed by atoms with Crippen molar-refractivity contribution in [2.75, 3.05) is 6.54 Å². The van der Waals surface area contributed by atoms with Crippen molar-refractivity contribution in [1.82, 2.24) is 0 Å². The maximum Gasteiger partial charge on any atom is 0.130 e. The highest BCUT2D eigenvalue weighted by Gasteiger charge is 2.09. The van der Waals surface area contributed by atoms with E-state index in [-0.39, 0.29) is 12.3 Å². The summed E-state index contributed by atoms with van der Waals surface area (Å²) in [5.41, 5.74) is 6.82. The average Bonchev–Trinajstić information content (AvgIpc) is 2.12. The van der Waals surface area contributed by atoms with Crippen LogP contribution in [0, 0.1) is 6.92 Å². The van der Waals surface area contributed by atoms with Gasteiger partial charge in [0.1, 0.15) is 5.75 Å². The van der Waals surface area contributed by atoms with Gasteiger partial charge in [-0.05, 0) is 40.0 Å². The van der Waals surface area contributed by atoms with E-state index >= 15 is 0 Å². The van der Waals surface area contributed by atoms with Gasteiger partial charge in [-0.3, -0.25) is 0 Å². The minimum absolute atomic E-state index is 0.127. The third-order valence-electron chi connectivity index (χ3n) is 1.87. The molecule has 1 aromatic carbocycles. The van der Waals surface area contributed by atoms with Gasteiger partial charge in [-0.25, -0.2) is 0 Å². The molecule has 0 bridgehead atoms. The van der Waals surface area contributed by atoms with E-state index in [0.29, 0.717) is 10.0 Å². The number of phenols is 1. The van der Waals surface area contributed by atoms with Crippen molar-refractivity contribution in [2.24, 2.45) is 5.73 Å². The van der Waals surface area contributed by atoms with Crippen molar-refractivity contribution >= 4 is 15.9 Å². The molecule has 1 aromatic rings. The van der Waals surface area contributed by atoms with Crippen LogP contribution in [0.3, 0.4) is 0 Å². The highest BCUT2D eigenvalue weighted by atomic mass is 79.9. The van der Waals surface area contributed by atoms with Gasteiger partial charge < -0.3 is 15.9 Å². The van der Waals surface area contributed by atoms with Gasteiger partial charge >= 0.3 is 0 Å². The number of nitrogens with two attached hydrogens (primary N) is 1. The number of aliphatic hydroxyl groups excluding tert-OH is 1. The molecule has 0 aromatic heterocycles. The molecular formula is C9H12BrNO2. The zero-order valence-electron chi connectivity index (χ0n) is 7.29. The molecule has 0 aliphatic carbocycles. The fourth-order valence-corrected chi connectivity index (χ4v) is 1.34. The van der Waals surface area contributed by atoms with Crippen LogP contribution in [0.1, 0.15) is 17.2 Å². The second-order valence-electron chi connectivity index (χ2n) is 2.92. The first kappa shape index (κ1) is 10.5. The lowest BCUT2D eigenvalue weighted by Gasteiger charge is -2.10. The minimum atomic E-state index is -0.710.